The third-order valence-electron chi connectivity index (χ3n) is 3.24. The van der Waals surface area contributed by atoms with Crippen LogP contribution >= 0.6 is 0 Å². The molecule has 6 nitrogen and oxygen atoms in total. The summed E-state index contributed by atoms with van der Waals surface area (Å²) >= 11 is 0. The zero-order valence-electron chi connectivity index (χ0n) is 12.9. The lowest BCUT2D eigenvalue weighted by atomic mass is 10.0. The van der Waals surface area contributed by atoms with E-state index in [-0.39, 0.29) is 17.2 Å². The number of nitrogens with zero attached hydrogens (tertiary/aromatic N) is 2. The van der Waals surface area contributed by atoms with Crippen molar-refractivity contribution in [3.05, 3.63) is 75.8 Å². The number of carbonyl (C=O) groups is 1. The zero-order chi connectivity index (χ0) is 16.8. The minimum absolute atomic E-state index is 0.0163. The Morgan fingerprint density at radius 3 is 2.30 bits per heavy atom. The molecular formula is C17H17N3O3. The summed E-state index contributed by atoms with van der Waals surface area (Å²) in [7, 11) is 0. The van der Waals surface area contributed by atoms with Gasteiger partial charge in [0.15, 0.2) is 0 Å². The summed E-state index contributed by atoms with van der Waals surface area (Å²) in [5, 5.41) is 15.1. The van der Waals surface area contributed by atoms with Crippen molar-refractivity contribution < 1.29 is 9.72 Å². The van der Waals surface area contributed by atoms with Crippen molar-refractivity contribution in [3.63, 3.8) is 0 Å². The van der Waals surface area contributed by atoms with Gasteiger partial charge in [0.05, 0.1) is 10.6 Å². The molecule has 0 aliphatic carbocycles. The Bertz CT molecular complexity index is 740. The zero-order valence-corrected chi connectivity index (χ0v) is 12.9. The van der Waals surface area contributed by atoms with Crippen molar-refractivity contribution >= 4 is 17.3 Å². The van der Waals surface area contributed by atoms with Crippen molar-refractivity contribution in [2.24, 2.45) is 11.0 Å². The Kier molecular flexibility index (Phi) is 5.19. The van der Waals surface area contributed by atoms with E-state index in [1.807, 2.05) is 44.2 Å². The maximum atomic E-state index is 12.2. The highest BCUT2D eigenvalue weighted by molar-refractivity contribution is 6.04. The van der Waals surface area contributed by atoms with Gasteiger partial charge in [0.2, 0.25) is 0 Å². The summed E-state index contributed by atoms with van der Waals surface area (Å²) in [6.45, 7) is 3.92. The van der Waals surface area contributed by atoms with E-state index in [4.69, 9.17) is 0 Å². The number of carbonyl (C=O) groups excluding carboxylic acids is 1. The molecule has 0 fully saturated rings. The van der Waals surface area contributed by atoms with Crippen LogP contribution in [0.3, 0.4) is 0 Å². The van der Waals surface area contributed by atoms with Gasteiger partial charge >= 0.3 is 0 Å². The van der Waals surface area contributed by atoms with Crippen molar-refractivity contribution in [2.45, 2.75) is 13.8 Å². The van der Waals surface area contributed by atoms with E-state index in [0.29, 0.717) is 5.71 Å². The molecule has 2 rings (SSSR count). The molecule has 2 aromatic carbocycles. The van der Waals surface area contributed by atoms with Crippen LogP contribution in [0.5, 0.6) is 0 Å². The quantitative estimate of drug-likeness (QED) is 0.522. The molecule has 23 heavy (non-hydrogen) atoms. The van der Waals surface area contributed by atoms with E-state index in [1.165, 1.54) is 18.2 Å². The minimum Gasteiger partial charge on any atom is -0.267 e. The molecule has 0 saturated carbocycles. The van der Waals surface area contributed by atoms with Gasteiger partial charge in [-0.05, 0) is 17.5 Å². The molecule has 0 unspecified atom stereocenters. The Balaban J connectivity index is 2.27. The number of nitro groups is 1. The van der Waals surface area contributed by atoms with E-state index in [9.17, 15) is 14.9 Å². The highest BCUT2D eigenvalue weighted by Gasteiger charge is 2.19. The largest absolute Gasteiger partial charge is 0.282 e. The number of benzene rings is 2. The molecule has 1 amide bonds. The number of para-hydroxylation sites is 1. The number of nitrogens with one attached hydrogen (secondary N) is 1. The molecule has 6 heteroatoms. The number of rotatable bonds is 5. The number of amides is 1. The van der Waals surface area contributed by atoms with Gasteiger partial charge in [0.25, 0.3) is 11.6 Å². The average molecular weight is 311 g/mol. The van der Waals surface area contributed by atoms with Gasteiger partial charge in [-0.3, -0.25) is 14.9 Å². The Morgan fingerprint density at radius 1 is 1.09 bits per heavy atom. The van der Waals surface area contributed by atoms with E-state index < -0.39 is 10.8 Å². The first-order valence-electron chi connectivity index (χ1n) is 7.17. The molecule has 2 aromatic rings. The summed E-state index contributed by atoms with van der Waals surface area (Å²) in [6.07, 6.45) is 0. The number of hydrazone groups is 1. The lowest BCUT2D eigenvalue weighted by Crippen LogP contribution is -2.23. The highest BCUT2D eigenvalue weighted by atomic mass is 16.6. The first kappa shape index (κ1) is 16.4. The first-order valence-corrected chi connectivity index (χ1v) is 7.17. The SMILES string of the molecule is CC(C)/C(=N\NC(=O)c1ccccc1[N+](=O)[O-])c1ccccc1. The average Bonchev–Trinajstić information content (AvgIpc) is 2.55. The van der Waals surface area contributed by atoms with Crippen LogP contribution in [-0.2, 0) is 0 Å². The predicted molar refractivity (Wildman–Crippen MR) is 88.4 cm³/mol. The molecule has 118 valence electrons. The second-order valence-electron chi connectivity index (χ2n) is 5.23. The van der Waals surface area contributed by atoms with Gasteiger partial charge in [0, 0.05) is 6.07 Å². The fourth-order valence-corrected chi connectivity index (χ4v) is 2.13. The number of nitro benzene ring substituents is 1. The van der Waals surface area contributed by atoms with Crippen LogP contribution in [0.2, 0.25) is 0 Å². The lowest BCUT2D eigenvalue weighted by Gasteiger charge is -2.10. The normalized spacial score (nSPS) is 11.3. The molecule has 0 aliphatic rings. The topological polar surface area (TPSA) is 84.6 Å². The second kappa shape index (κ2) is 7.31. The van der Waals surface area contributed by atoms with Crippen molar-refractivity contribution in [2.75, 3.05) is 0 Å². The molecule has 0 aliphatic heterocycles. The van der Waals surface area contributed by atoms with Crippen LogP contribution in [0.1, 0.15) is 29.8 Å². The molecule has 0 heterocycles. The van der Waals surface area contributed by atoms with E-state index in [2.05, 4.69) is 10.5 Å². The summed E-state index contributed by atoms with van der Waals surface area (Å²) in [4.78, 5) is 22.6. The number of hydrogen-bond donors (Lipinski definition) is 1. The smallest absolute Gasteiger partial charge is 0.267 e. The maximum Gasteiger partial charge on any atom is 0.282 e. The van der Waals surface area contributed by atoms with Crippen molar-refractivity contribution in [3.8, 4) is 0 Å². The van der Waals surface area contributed by atoms with E-state index in [0.717, 1.165) is 5.56 Å². The van der Waals surface area contributed by atoms with Crippen LogP contribution < -0.4 is 5.43 Å². The predicted octanol–water partition coefficient (Wildman–Crippen LogP) is 3.38. The second-order valence-corrected chi connectivity index (χ2v) is 5.23. The van der Waals surface area contributed by atoms with Crippen LogP contribution in [0.15, 0.2) is 59.7 Å². The Morgan fingerprint density at radius 2 is 1.70 bits per heavy atom. The van der Waals surface area contributed by atoms with Crippen molar-refractivity contribution in [1.82, 2.24) is 5.43 Å². The van der Waals surface area contributed by atoms with Gasteiger partial charge in [0.1, 0.15) is 5.56 Å². The van der Waals surface area contributed by atoms with Crippen LogP contribution in [-0.4, -0.2) is 16.5 Å². The van der Waals surface area contributed by atoms with E-state index in [1.54, 1.807) is 6.07 Å². The van der Waals surface area contributed by atoms with Gasteiger partial charge in [-0.2, -0.15) is 5.10 Å². The highest BCUT2D eigenvalue weighted by Crippen LogP contribution is 2.17. The van der Waals surface area contributed by atoms with Gasteiger partial charge in [-0.15, -0.1) is 0 Å². The molecule has 0 aromatic heterocycles. The Labute approximate surface area is 134 Å². The van der Waals surface area contributed by atoms with Crippen LogP contribution in [0.25, 0.3) is 0 Å². The van der Waals surface area contributed by atoms with E-state index >= 15 is 0 Å². The fourth-order valence-electron chi connectivity index (χ4n) is 2.13. The van der Waals surface area contributed by atoms with Gasteiger partial charge in [-0.1, -0.05) is 56.3 Å². The number of hydrogen-bond acceptors (Lipinski definition) is 4. The third kappa shape index (κ3) is 4.00. The molecule has 0 spiro atoms. The standard InChI is InChI=1S/C17H17N3O3/c1-12(2)16(13-8-4-3-5-9-13)18-19-17(21)14-10-6-7-11-15(14)20(22)23/h3-12H,1-2H3,(H,19,21)/b18-16+. The molecule has 0 radical (unpaired) electrons. The molecular weight excluding hydrogens is 294 g/mol. The molecule has 0 bridgehead atoms. The van der Waals surface area contributed by atoms with Crippen LogP contribution in [0, 0.1) is 16.0 Å². The van der Waals surface area contributed by atoms with Gasteiger partial charge < -0.3 is 0 Å². The summed E-state index contributed by atoms with van der Waals surface area (Å²) in [6, 6.07) is 15.3. The maximum absolute atomic E-state index is 12.2. The van der Waals surface area contributed by atoms with Gasteiger partial charge in [-0.25, -0.2) is 5.43 Å². The molecule has 0 saturated heterocycles. The first-order chi connectivity index (χ1) is 11.0. The molecule has 0 atom stereocenters. The van der Waals surface area contributed by atoms with Crippen LogP contribution in [0.4, 0.5) is 5.69 Å². The summed E-state index contributed by atoms with van der Waals surface area (Å²) < 4.78 is 0. The van der Waals surface area contributed by atoms with Crippen molar-refractivity contribution in [1.29, 1.82) is 0 Å². The minimum atomic E-state index is -0.605. The third-order valence-corrected chi connectivity index (χ3v) is 3.24. The summed E-state index contributed by atoms with van der Waals surface area (Å²) in [5.74, 6) is -0.519. The lowest BCUT2D eigenvalue weighted by molar-refractivity contribution is -0.385. The fraction of sp³-hybridized carbons (Fsp3) is 0.176. The monoisotopic (exact) mass is 311 g/mol. The molecule has 1 N–H and O–H groups in total. The summed E-state index contributed by atoms with van der Waals surface area (Å²) in [5.41, 5.74) is 3.76. The Hall–Kier alpha value is -3.02.